The predicted octanol–water partition coefficient (Wildman–Crippen LogP) is 2.93. The molecule has 11 heavy (non-hydrogen) atoms. The van der Waals surface area contributed by atoms with E-state index in [-0.39, 0.29) is 6.10 Å². The average molecular weight is 154 g/mol. The molecule has 0 aromatic carbocycles. The average Bonchev–Trinajstić information content (AvgIpc) is 2.00. The fraction of sp³-hybridized carbons (Fsp3) is 0.600. The van der Waals surface area contributed by atoms with Gasteiger partial charge >= 0.3 is 0 Å². The van der Waals surface area contributed by atoms with Crippen LogP contribution in [0.1, 0.15) is 26.7 Å². The van der Waals surface area contributed by atoms with Crippen molar-refractivity contribution in [1.29, 1.82) is 0 Å². The summed E-state index contributed by atoms with van der Waals surface area (Å²) >= 11 is 0. The van der Waals surface area contributed by atoms with Crippen LogP contribution in [0.25, 0.3) is 0 Å². The summed E-state index contributed by atoms with van der Waals surface area (Å²) in [6, 6.07) is 0. The zero-order valence-electron chi connectivity index (χ0n) is 7.76. The van der Waals surface area contributed by atoms with Gasteiger partial charge in [-0.05, 0) is 18.9 Å². The van der Waals surface area contributed by atoms with Crippen LogP contribution in [-0.2, 0) is 4.74 Å². The maximum Gasteiger partial charge on any atom is 0.0815 e. The van der Waals surface area contributed by atoms with E-state index in [1.807, 2.05) is 19.1 Å². The summed E-state index contributed by atoms with van der Waals surface area (Å²) in [6.07, 6.45) is 6.39. The van der Waals surface area contributed by atoms with Crippen LogP contribution in [0.15, 0.2) is 24.3 Å². The van der Waals surface area contributed by atoms with E-state index < -0.39 is 0 Å². The number of hydrogen-bond donors (Lipinski definition) is 0. The Hall–Kier alpha value is -0.560. The fourth-order valence-corrected chi connectivity index (χ4v) is 1.04. The van der Waals surface area contributed by atoms with Gasteiger partial charge in [-0.25, -0.2) is 0 Å². The van der Waals surface area contributed by atoms with Crippen molar-refractivity contribution in [1.82, 2.24) is 0 Å². The van der Waals surface area contributed by atoms with E-state index in [1.165, 1.54) is 0 Å². The topological polar surface area (TPSA) is 9.23 Å². The van der Waals surface area contributed by atoms with E-state index in [0.717, 1.165) is 18.4 Å². The number of methoxy groups -OCH3 is 1. The molecule has 1 atom stereocenters. The lowest BCUT2D eigenvalue weighted by molar-refractivity contribution is 0.126. The summed E-state index contributed by atoms with van der Waals surface area (Å²) in [5, 5.41) is 0. The zero-order chi connectivity index (χ0) is 8.69. The standard InChI is InChI=1S/C10H18O/c1-5-7-9(3)10(11-4)8-6-2/h5,7,10H,3,6,8H2,1-2,4H3/b7-5-. The SMILES string of the molecule is C=C(/C=C\C)C(CCC)OC. The van der Waals surface area contributed by atoms with Crippen LogP contribution in [0.4, 0.5) is 0 Å². The van der Waals surface area contributed by atoms with Crippen molar-refractivity contribution in [2.45, 2.75) is 32.8 Å². The normalized spacial score (nSPS) is 13.7. The van der Waals surface area contributed by atoms with Gasteiger partial charge in [-0.2, -0.15) is 0 Å². The molecule has 0 aliphatic heterocycles. The molecule has 0 aliphatic rings. The van der Waals surface area contributed by atoms with Crippen LogP contribution in [0.5, 0.6) is 0 Å². The minimum Gasteiger partial charge on any atom is -0.377 e. The molecule has 64 valence electrons. The second kappa shape index (κ2) is 6.17. The van der Waals surface area contributed by atoms with Crippen LogP contribution >= 0.6 is 0 Å². The minimum atomic E-state index is 0.205. The highest BCUT2D eigenvalue weighted by Gasteiger charge is 2.06. The quantitative estimate of drug-likeness (QED) is 0.553. The second-order valence-electron chi connectivity index (χ2n) is 2.59. The summed E-state index contributed by atoms with van der Waals surface area (Å²) in [5.41, 5.74) is 1.07. The van der Waals surface area contributed by atoms with Crippen molar-refractivity contribution >= 4 is 0 Å². The Balaban J connectivity index is 3.91. The maximum absolute atomic E-state index is 5.25. The molecule has 0 heterocycles. The highest BCUT2D eigenvalue weighted by molar-refractivity contribution is 5.18. The number of allylic oxidation sites excluding steroid dienone is 1. The molecule has 0 saturated heterocycles. The van der Waals surface area contributed by atoms with Crippen LogP contribution in [0.3, 0.4) is 0 Å². The molecule has 0 aromatic rings. The lowest BCUT2D eigenvalue weighted by Gasteiger charge is -2.13. The molecular weight excluding hydrogens is 136 g/mol. The number of hydrogen-bond acceptors (Lipinski definition) is 1. The first-order valence-corrected chi connectivity index (χ1v) is 4.10. The lowest BCUT2D eigenvalue weighted by Crippen LogP contribution is -2.11. The summed E-state index contributed by atoms with van der Waals surface area (Å²) in [5.74, 6) is 0. The smallest absolute Gasteiger partial charge is 0.0815 e. The Morgan fingerprint density at radius 3 is 2.64 bits per heavy atom. The Bertz CT molecular complexity index is 136. The number of ether oxygens (including phenoxy) is 1. The largest absolute Gasteiger partial charge is 0.377 e. The maximum atomic E-state index is 5.25. The molecule has 1 nitrogen and oxygen atoms in total. The summed E-state index contributed by atoms with van der Waals surface area (Å²) < 4.78 is 5.25. The monoisotopic (exact) mass is 154 g/mol. The second-order valence-corrected chi connectivity index (χ2v) is 2.59. The molecular formula is C10H18O. The highest BCUT2D eigenvalue weighted by atomic mass is 16.5. The Morgan fingerprint density at radius 2 is 2.27 bits per heavy atom. The van der Waals surface area contributed by atoms with E-state index in [9.17, 15) is 0 Å². The van der Waals surface area contributed by atoms with Crippen molar-refractivity contribution in [3.63, 3.8) is 0 Å². The van der Waals surface area contributed by atoms with Gasteiger partial charge in [0.15, 0.2) is 0 Å². The third-order valence-electron chi connectivity index (χ3n) is 1.63. The van der Waals surface area contributed by atoms with Crippen molar-refractivity contribution < 1.29 is 4.74 Å². The van der Waals surface area contributed by atoms with Gasteiger partial charge < -0.3 is 4.74 Å². The molecule has 0 spiro atoms. The summed E-state index contributed by atoms with van der Waals surface area (Å²) in [7, 11) is 1.73. The third kappa shape index (κ3) is 3.99. The van der Waals surface area contributed by atoms with Gasteiger partial charge in [0.25, 0.3) is 0 Å². The van der Waals surface area contributed by atoms with Gasteiger partial charge in [-0.3, -0.25) is 0 Å². The molecule has 1 heteroatoms. The molecule has 1 unspecified atom stereocenters. The van der Waals surface area contributed by atoms with E-state index in [0.29, 0.717) is 0 Å². The fourth-order valence-electron chi connectivity index (χ4n) is 1.04. The van der Waals surface area contributed by atoms with Gasteiger partial charge in [0.05, 0.1) is 6.10 Å². The Labute approximate surface area is 69.8 Å². The first-order valence-electron chi connectivity index (χ1n) is 4.10. The van der Waals surface area contributed by atoms with Gasteiger partial charge in [-0.15, -0.1) is 0 Å². The first kappa shape index (κ1) is 10.4. The number of rotatable bonds is 5. The third-order valence-corrected chi connectivity index (χ3v) is 1.63. The van der Waals surface area contributed by atoms with Crippen molar-refractivity contribution in [3.05, 3.63) is 24.3 Å². The molecule has 0 saturated carbocycles. The Morgan fingerprint density at radius 1 is 1.64 bits per heavy atom. The molecule has 0 radical (unpaired) electrons. The van der Waals surface area contributed by atoms with Crippen LogP contribution in [0.2, 0.25) is 0 Å². The van der Waals surface area contributed by atoms with Crippen LogP contribution in [0, 0.1) is 0 Å². The van der Waals surface area contributed by atoms with Gasteiger partial charge in [0, 0.05) is 7.11 Å². The van der Waals surface area contributed by atoms with E-state index >= 15 is 0 Å². The zero-order valence-corrected chi connectivity index (χ0v) is 7.76. The van der Waals surface area contributed by atoms with Gasteiger partial charge in [-0.1, -0.05) is 32.1 Å². The Kier molecular flexibility index (Phi) is 5.86. The molecule has 0 aliphatic carbocycles. The summed E-state index contributed by atoms with van der Waals surface area (Å²) in [4.78, 5) is 0. The molecule has 0 N–H and O–H groups in total. The first-order chi connectivity index (χ1) is 5.26. The molecule has 0 aromatic heterocycles. The van der Waals surface area contributed by atoms with Crippen LogP contribution in [-0.4, -0.2) is 13.2 Å². The van der Waals surface area contributed by atoms with Crippen molar-refractivity contribution in [2.75, 3.05) is 7.11 Å². The summed E-state index contributed by atoms with van der Waals surface area (Å²) in [6.45, 7) is 8.06. The van der Waals surface area contributed by atoms with E-state index in [1.54, 1.807) is 7.11 Å². The van der Waals surface area contributed by atoms with Gasteiger partial charge in [0.1, 0.15) is 0 Å². The van der Waals surface area contributed by atoms with Crippen molar-refractivity contribution in [3.8, 4) is 0 Å². The highest BCUT2D eigenvalue weighted by Crippen LogP contribution is 2.11. The van der Waals surface area contributed by atoms with Gasteiger partial charge in [0.2, 0.25) is 0 Å². The molecule has 0 amide bonds. The molecule has 0 rings (SSSR count). The lowest BCUT2D eigenvalue weighted by atomic mass is 10.1. The van der Waals surface area contributed by atoms with E-state index in [2.05, 4.69) is 13.5 Å². The minimum absolute atomic E-state index is 0.205. The predicted molar refractivity (Wildman–Crippen MR) is 49.7 cm³/mol. The van der Waals surface area contributed by atoms with E-state index in [4.69, 9.17) is 4.74 Å². The van der Waals surface area contributed by atoms with Crippen molar-refractivity contribution in [2.24, 2.45) is 0 Å². The van der Waals surface area contributed by atoms with Crippen LogP contribution < -0.4 is 0 Å². The molecule has 0 bridgehead atoms. The molecule has 0 fully saturated rings.